The Balaban J connectivity index is 1.73. The molecule has 1 aromatic carbocycles. The minimum absolute atomic E-state index is 0.158. The fourth-order valence-electron chi connectivity index (χ4n) is 2.29. The van der Waals surface area contributed by atoms with Crippen molar-refractivity contribution in [2.75, 3.05) is 0 Å². The average molecular weight is 350 g/mol. The Morgan fingerprint density at radius 2 is 1.84 bits per heavy atom. The Hall–Kier alpha value is -2.94. The Kier molecular flexibility index (Phi) is 4.66. The molecule has 0 bridgehead atoms. The van der Waals surface area contributed by atoms with Gasteiger partial charge in [0.2, 0.25) is 0 Å². The Morgan fingerprint density at radius 1 is 1.08 bits per heavy atom. The lowest BCUT2D eigenvalue weighted by Gasteiger charge is -2.15. The van der Waals surface area contributed by atoms with Crippen LogP contribution in [0.3, 0.4) is 0 Å². The van der Waals surface area contributed by atoms with Crippen LogP contribution in [0.1, 0.15) is 11.7 Å². The van der Waals surface area contributed by atoms with Crippen LogP contribution >= 0.6 is 0 Å². The first-order chi connectivity index (χ1) is 11.9. The van der Waals surface area contributed by atoms with Gasteiger partial charge < -0.3 is 14.4 Å². The van der Waals surface area contributed by atoms with E-state index >= 15 is 0 Å². The molecule has 9 heteroatoms. The van der Waals surface area contributed by atoms with Gasteiger partial charge in [0.15, 0.2) is 5.82 Å². The van der Waals surface area contributed by atoms with Crippen LogP contribution in [0.25, 0.3) is 11.5 Å². The van der Waals surface area contributed by atoms with Crippen LogP contribution in [-0.4, -0.2) is 31.0 Å². The van der Waals surface area contributed by atoms with Crippen LogP contribution in [0.15, 0.2) is 55.2 Å². The molecule has 1 unspecified atom stereocenters. The minimum Gasteiger partial charge on any atom is -0.406 e. The topological polar surface area (TPSA) is 73.1 Å². The number of hydrogen-bond donors (Lipinski definition) is 1. The van der Waals surface area contributed by atoms with Crippen LogP contribution in [0, 0.1) is 0 Å². The lowest BCUT2D eigenvalue weighted by atomic mass is 10.1. The van der Waals surface area contributed by atoms with E-state index in [4.69, 9.17) is 0 Å². The highest BCUT2D eigenvalue weighted by atomic mass is 19.4. The molecule has 1 atom stereocenters. The molecule has 0 aliphatic rings. The van der Waals surface area contributed by atoms with Gasteiger partial charge in [-0.15, -0.1) is 13.2 Å². The van der Waals surface area contributed by atoms with Crippen molar-refractivity contribution >= 4 is 0 Å². The van der Waals surface area contributed by atoms with E-state index in [-0.39, 0.29) is 12.3 Å². The van der Waals surface area contributed by atoms with Crippen molar-refractivity contribution in [1.29, 1.82) is 0 Å². The Labute approximate surface area is 140 Å². The summed E-state index contributed by atoms with van der Waals surface area (Å²) in [6, 6.07) is 5.07. The SMILES string of the molecule is OC(Cn1ccnc1-c1cnccn1)c1ccc(OC(F)(F)F)cc1. The molecule has 2 heterocycles. The number of hydrogen-bond acceptors (Lipinski definition) is 5. The third kappa shape index (κ3) is 4.32. The van der Waals surface area contributed by atoms with Crippen molar-refractivity contribution in [3.05, 3.63) is 60.8 Å². The summed E-state index contributed by atoms with van der Waals surface area (Å²) in [6.45, 7) is 0.158. The smallest absolute Gasteiger partial charge is 0.406 e. The van der Waals surface area contributed by atoms with Gasteiger partial charge in [-0.05, 0) is 17.7 Å². The number of imidazole rings is 1. The van der Waals surface area contributed by atoms with E-state index in [1.54, 1.807) is 23.2 Å². The molecule has 0 aliphatic carbocycles. The van der Waals surface area contributed by atoms with Gasteiger partial charge in [-0.1, -0.05) is 12.1 Å². The molecule has 0 amide bonds. The molecule has 0 spiro atoms. The first-order valence-electron chi connectivity index (χ1n) is 7.24. The van der Waals surface area contributed by atoms with E-state index in [1.807, 2.05) is 0 Å². The molecule has 130 valence electrons. The van der Waals surface area contributed by atoms with Crippen LogP contribution in [-0.2, 0) is 6.54 Å². The van der Waals surface area contributed by atoms with Gasteiger partial charge >= 0.3 is 6.36 Å². The molecule has 2 aromatic heterocycles. The summed E-state index contributed by atoms with van der Waals surface area (Å²) in [7, 11) is 0. The first-order valence-corrected chi connectivity index (χ1v) is 7.24. The average Bonchev–Trinajstić information content (AvgIpc) is 3.03. The van der Waals surface area contributed by atoms with Crippen LogP contribution in [0.4, 0.5) is 13.2 Å². The highest BCUT2D eigenvalue weighted by Gasteiger charge is 2.31. The predicted octanol–water partition coefficient (Wildman–Crippen LogP) is 2.97. The minimum atomic E-state index is -4.75. The molecule has 0 saturated carbocycles. The summed E-state index contributed by atoms with van der Waals surface area (Å²) in [4.78, 5) is 12.3. The van der Waals surface area contributed by atoms with Gasteiger partial charge in [0, 0.05) is 24.8 Å². The lowest BCUT2D eigenvalue weighted by Crippen LogP contribution is -2.17. The molecular weight excluding hydrogens is 337 g/mol. The quantitative estimate of drug-likeness (QED) is 0.766. The molecule has 0 radical (unpaired) electrons. The van der Waals surface area contributed by atoms with E-state index in [0.717, 1.165) is 12.1 Å². The van der Waals surface area contributed by atoms with Crippen LogP contribution < -0.4 is 4.74 Å². The monoisotopic (exact) mass is 350 g/mol. The zero-order chi connectivity index (χ0) is 17.9. The number of aliphatic hydroxyl groups is 1. The van der Waals surface area contributed by atoms with Crippen molar-refractivity contribution in [1.82, 2.24) is 19.5 Å². The molecule has 0 fully saturated rings. The van der Waals surface area contributed by atoms with Crippen LogP contribution in [0.5, 0.6) is 5.75 Å². The molecule has 1 N–H and O–H groups in total. The molecule has 3 aromatic rings. The molecule has 6 nitrogen and oxygen atoms in total. The number of halogens is 3. The van der Waals surface area contributed by atoms with Gasteiger partial charge in [-0.2, -0.15) is 0 Å². The van der Waals surface area contributed by atoms with Crippen molar-refractivity contribution in [2.24, 2.45) is 0 Å². The number of rotatable bonds is 5. The lowest BCUT2D eigenvalue weighted by molar-refractivity contribution is -0.274. The van der Waals surface area contributed by atoms with Gasteiger partial charge in [-0.25, -0.2) is 9.97 Å². The van der Waals surface area contributed by atoms with Crippen molar-refractivity contribution in [3.8, 4) is 17.3 Å². The largest absolute Gasteiger partial charge is 0.573 e. The standard InChI is InChI=1S/C16H13F3N4O2/c17-16(18,19)25-12-3-1-11(2-4-12)14(24)10-23-8-7-22-15(23)13-9-20-5-6-21-13/h1-9,14,24H,10H2. The molecule has 25 heavy (non-hydrogen) atoms. The van der Waals surface area contributed by atoms with Crippen LogP contribution in [0.2, 0.25) is 0 Å². The molecule has 3 rings (SSSR count). The molecular formula is C16H13F3N4O2. The number of benzene rings is 1. The second-order valence-corrected chi connectivity index (χ2v) is 5.13. The number of alkyl halides is 3. The Bertz CT molecular complexity index is 819. The summed E-state index contributed by atoms with van der Waals surface area (Å²) in [5, 5.41) is 10.3. The van der Waals surface area contributed by atoms with Crippen molar-refractivity contribution in [3.63, 3.8) is 0 Å². The van der Waals surface area contributed by atoms with E-state index in [1.165, 1.54) is 24.5 Å². The summed E-state index contributed by atoms with van der Waals surface area (Å²) in [5.41, 5.74) is 1.00. The summed E-state index contributed by atoms with van der Waals surface area (Å²) in [5.74, 6) is 0.190. The number of aliphatic hydroxyl groups excluding tert-OH is 1. The third-order valence-corrected chi connectivity index (χ3v) is 3.38. The first kappa shape index (κ1) is 16.9. The van der Waals surface area contributed by atoms with Gasteiger partial charge in [0.05, 0.1) is 18.8 Å². The maximum Gasteiger partial charge on any atom is 0.573 e. The molecule has 0 aliphatic heterocycles. The van der Waals surface area contributed by atoms with E-state index in [9.17, 15) is 18.3 Å². The summed E-state index contributed by atoms with van der Waals surface area (Å²) < 4.78 is 42.0. The summed E-state index contributed by atoms with van der Waals surface area (Å²) in [6.07, 6.45) is 2.17. The maximum absolute atomic E-state index is 12.2. The van der Waals surface area contributed by atoms with Gasteiger partial charge in [0.25, 0.3) is 0 Å². The second kappa shape index (κ2) is 6.89. The Morgan fingerprint density at radius 3 is 2.48 bits per heavy atom. The van der Waals surface area contributed by atoms with Crippen molar-refractivity contribution < 1.29 is 23.0 Å². The molecule has 0 saturated heterocycles. The number of nitrogens with zero attached hydrogens (tertiary/aromatic N) is 4. The normalized spacial score (nSPS) is 12.8. The summed E-state index contributed by atoms with van der Waals surface area (Å²) >= 11 is 0. The predicted molar refractivity (Wildman–Crippen MR) is 81.3 cm³/mol. The zero-order valence-electron chi connectivity index (χ0n) is 12.8. The second-order valence-electron chi connectivity index (χ2n) is 5.13. The maximum atomic E-state index is 12.2. The van der Waals surface area contributed by atoms with Gasteiger partial charge in [-0.3, -0.25) is 4.98 Å². The fraction of sp³-hybridized carbons (Fsp3) is 0.188. The highest BCUT2D eigenvalue weighted by molar-refractivity contribution is 5.47. The third-order valence-electron chi connectivity index (χ3n) is 3.38. The number of aromatic nitrogens is 4. The van der Waals surface area contributed by atoms with Crippen molar-refractivity contribution in [2.45, 2.75) is 19.0 Å². The zero-order valence-corrected chi connectivity index (χ0v) is 12.8. The van der Waals surface area contributed by atoms with E-state index < -0.39 is 12.5 Å². The fourth-order valence-corrected chi connectivity index (χ4v) is 2.29. The van der Waals surface area contributed by atoms with E-state index in [0.29, 0.717) is 17.1 Å². The highest BCUT2D eigenvalue weighted by Crippen LogP contribution is 2.25. The van der Waals surface area contributed by atoms with E-state index in [2.05, 4.69) is 19.7 Å². The van der Waals surface area contributed by atoms with Gasteiger partial charge in [0.1, 0.15) is 11.4 Å². The number of ether oxygens (including phenoxy) is 1.